The monoisotopic (exact) mass is 380 g/mol. The molecule has 2 saturated carbocycles. The van der Waals surface area contributed by atoms with Gasteiger partial charge >= 0.3 is 0 Å². The molecule has 8 nitrogen and oxygen atoms in total. The number of anilines is 1. The van der Waals surface area contributed by atoms with Crippen molar-refractivity contribution >= 4 is 11.9 Å². The molecule has 2 aliphatic carbocycles. The number of nitrogens with zero attached hydrogens (tertiary/aromatic N) is 5. The van der Waals surface area contributed by atoms with Crippen molar-refractivity contribution in [3.63, 3.8) is 0 Å². The van der Waals surface area contributed by atoms with Crippen molar-refractivity contribution in [2.75, 3.05) is 25.0 Å². The first-order chi connectivity index (χ1) is 13.7. The summed E-state index contributed by atoms with van der Waals surface area (Å²) in [4.78, 5) is 31.8. The molecule has 8 heteroatoms. The van der Waals surface area contributed by atoms with Crippen LogP contribution in [0.4, 0.5) is 5.95 Å². The van der Waals surface area contributed by atoms with Gasteiger partial charge in [-0.1, -0.05) is 12.8 Å². The third kappa shape index (κ3) is 3.22. The van der Waals surface area contributed by atoms with Gasteiger partial charge in [-0.05, 0) is 25.7 Å². The van der Waals surface area contributed by atoms with Gasteiger partial charge in [-0.3, -0.25) is 4.79 Å². The molecule has 0 radical (unpaired) electrons. The molecule has 0 aromatic carbocycles. The summed E-state index contributed by atoms with van der Waals surface area (Å²) >= 11 is 0. The Morgan fingerprint density at radius 2 is 1.75 bits per heavy atom. The van der Waals surface area contributed by atoms with Gasteiger partial charge in [0.2, 0.25) is 5.95 Å². The molecular formula is C20H24N6O2. The number of rotatable bonds is 4. The number of carbonyl (C=O) groups is 1. The fraction of sp³-hybridized carbons (Fsp3) is 0.550. The molecule has 5 rings (SSSR count). The zero-order valence-corrected chi connectivity index (χ0v) is 15.8. The second-order valence-electron chi connectivity index (χ2n) is 8.09. The SMILES string of the molecule is O=C(c1cnc(NC2(c3cncnc3)CC2)nc1)N1CCOC2(CCCC2)C1. The molecule has 2 aromatic rings. The summed E-state index contributed by atoms with van der Waals surface area (Å²) in [5, 5.41) is 3.38. The van der Waals surface area contributed by atoms with Crippen molar-refractivity contribution in [2.45, 2.75) is 49.7 Å². The lowest BCUT2D eigenvalue weighted by Crippen LogP contribution is -2.52. The van der Waals surface area contributed by atoms with Gasteiger partial charge in [-0.25, -0.2) is 19.9 Å². The maximum Gasteiger partial charge on any atom is 0.257 e. The Morgan fingerprint density at radius 3 is 2.43 bits per heavy atom. The molecule has 0 unspecified atom stereocenters. The van der Waals surface area contributed by atoms with E-state index in [1.165, 1.54) is 19.2 Å². The van der Waals surface area contributed by atoms with Crippen molar-refractivity contribution in [1.29, 1.82) is 0 Å². The molecule has 3 heterocycles. The average molecular weight is 380 g/mol. The van der Waals surface area contributed by atoms with Crippen LogP contribution in [0.5, 0.6) is 0 Å². The van der Waals surface area contributed by atoms with E-state index >= 15 is 0 Å². The van der Waals surface area contributed by atoms with Gasteiger partial charge in [0.15, 0.2) is 0 Å². The molecule has 0 bridgehead atoms. The third-order valence-electron chi connectivity index (χ3n) is 6.16. The Labute approximate surface area is 163 Å². The highest BCUT2D eigenvalue weighted by molar-refractivity contribution is 5.93. The quantitative estimate of drug-likeness (QED) is 0.869. The Hall–Kier alpha value is -2.61. The minimum atomic E-state index is -0.189. The fourth-order valence-electron chi connectivity index (χ4n) is 4.40. The lowest BCUT2D eigenvalue weighted by atomic mass is 9.99. The summed E-state index contributed by atoms with van der Waals surface area (Å²) in [6.45, 7) is 1.90. The van der Waals surface area contributed by atoms with Crippen LogP contribution in [0.3, 0.4) is 0 Å². The van der Waals surface area contributed by atoms with Gasteiger partial charge < -0.3 is 15.0 Å². The van der Waals surface area contributed by atoms with Gasteiger partial charge in [0.05, 0.1) is 29.9 Å². The highest BCUT2D eigenvalue weighted by Crippen LogP contribution is 2.47. The van der Waals surface area contributed by atoms with Crippen LogP contribution in [0.15, 0.2) is 31.1 Å². The molecule has 3 fully saturated rings. The van der Waals surface area contributed by atoms with Gasteiger partial charge in [0.1, 0.15) is 6.33 Å². The Bertz CT molecular complexity index is 847. The zero-order chi connectivity index (χ0) is 19.0. The second-order valence-corrected chi connectivity index (χ2v) is 8.09. The molecule has 3 aliphatic rings. The number of aromatic nitrogens is 4. The normalized spacial score (nSPS) is 22.2. The van der Waals surface area contributed by atoms with Gasteiger partial charge in [0, 0.05) is 36.9 Å². The first kappa shape index (κ1) is 17.5. The number of hydrogen-bond donors (Lipinski definition) is 1. The van der Waals surface area contributed by atoms with Crippen LogP contribution in [-0.4, -0.2) is 56.0 Å². The van der Waals surface area contributed by atoms with Crippen LogP contribution >= 0.6 is 0 Å². The molecule has 1 spiro atoms. The molecule has 28 heavy (non-hydrogen) atoms. The standard InChI is InChI=1S/C20H24N6O2/c27-17(26-7-8-28-19(13-26)3-1-2-4-19)15-9-23-18(24-10-15)25-20(5-6-20)16-11-21-14-22-12-16/h9-12,14H,1-8,13H2,(H,23,24,25). The number of carbonyl (C=O) groups excluding carboxylic acids is 1. The van der Waals surface area contributed by atoms with Crippen LogP contribution in [0.25, 0.3) is 0 Å². The summed E-state index contributed by atoms with van der Waals surface area (Å²) in [7, 11) is 0. The lowest BCUT2D eigenvalue weighted by Gasteiger charge is -2.40. The largest absolute Gasteiger partial charge is 0.371 e. The van der Waals surface area contributed by atoms with E-state index in [1.54, 1.807) is 12.4 Å². The predicted octanol–water partition coefficient (Wildman–Crippen LogP) is 2.15. The zero-order valence-electron chi connectivity index (χ0n) is 15.8. The lowest BCUT2D eigenvalue weighted by molar-refractivity contribution is -0.0948. The molecule has 2 aromatic heterocycles. The van der Waals surface area contributed by atoms with Crippen molar-refractivity contribution < 1.29 is 9.53 Å². The van der Waals surface area contributed by atoms with Gasteiger partial charge in [-0.15, -0.1) is 0 Å². The average Bonchev–Trinajstić information content (AvgIpc) is 3.40. The summed E-state index contributed by atoms with van der Waals surface area (Å²) < 4.78 is 6.02. The maximum absolute atomic E-state index is 12.9. The highest BCUT2D eigenvalue weighted by Gasteiger charge is 2.45. The molecular weight excluding hydrogens is 356 g/mol. The Morgan fingerprint density at radius 1 is 1.04 bits per heavy atom. The fourth-order valence-corrected chi connectivity index (χ4v) is 4.40. The minimum Gasteiger partial charge on any atom is -0.371 e. The van der Waals surface area contributed by atoms with E-state index in [0.29, 0.717) is 31.2 Å². The number of amides is 1. The van der Waals surface area contributed by atoms with Crippen LogP contribution < -0.4 is 5.32 Å². The second kappa shape index (κ2) is 6.77. The smallest absolute Gasteiger partial charge is 0.257 e. The molecule has 1 aliphatic heterocycles. The molecule has 1 saturated heterocycles. The number of nitrogens with one attached hydrogen (secondary N) is 1. The van der Waals surface area contributed by atoms with E-state index in [4.69, 9.17) is 4.74 Å². The van der Waals surface area contributed by atoms with Gasteiger partial charge in [-0.2, -0.15) is 0 Å². The van der Waals surface area contributed by atoms with Crippen molar-refractivity contribution in [3.8, 4) is 0 Å². The molecule has 1 N–H and O–H groups in total. The van der Waals surface area contributed by atoms with Crippen LogP contribution in [0.2, 0.25) is 0 Å². The van der Waals surface area contributed by atoms with E-state index in [2.05, 4.69) is 25.3 Å². The molecule has 146 valence electrons. The van der Waals surface area contributed by atoms with Crippen LogP contribution in [0.1, 0.15) is 54.4 Å². The summed E-state index contributed by atoms with van der Waals surface area (Å²) in [6.07, 6.45) is 14.8. The Kier molecular flexibility index (Phi) is 4.23. The van der Waals surface area contributed by atoms with E-state index < -0.39 is 0 Å². The van der Waals surface area contributed by atoms with E-state index in [1.807, 2.05) is 17.3 Å². The summed E-state index contributed by atoms with van der Waals surface area (Å²) in [5.74, 6) is 0.505. The summed E-state index contributed by atoms with van der Waals surface area (Å²) in [6, 6.07) is 0. The van der Waals surface area contributed by atoms with Crippen molar-refractivity contribution in [1.82, 2.24) is 24.8 Å². The number of ether oxygens (including phenoxy) is 1. The van der Waals surface area contributed by atoms with Crippen LogP contribution in [-0.2, 0) is 10.3 Å². The first-order valence-electron chi connectivity index (χ1n) is 9.97. The Balaban J connectivity index is 1.27. The minimum absolute atomic E-state index is 0.0151. The molecule has 1 amide bonds. The number of hydrogen-bond acceptors (Lipinski definition) is 7. The van der Waals surface area contributed by atoms with E-state index in [-0.39, 0.29) is 17.0 Å². The van der Waals surface area contributed by atoms with Crippen molar-refractivity contribution in [3.05, 3.63) is 42.2 Å². The van der Waals surface area contributed by atoms with Gasteiger partial charge in [0.25, 0.3) is 5.91 Å². The topological polar surface area (TPSA) is 93.1 Å². The van der Waals surface area contributed by atoms with E-state index in [9.17, 15) is 4.79 Å². The molecule has 0 atom stereocenters. The van der Waals surface area contributed by atoms with Crippen LogP contribution in [0, 0.1) is 0 Å². The first-order valence-corrected chi connectivity index (χ1v) is 9.97. The maximum atomic E-state index is 12.9. The summed E-state index contributed by atoms with van der Waals surface area (Å²) in [5.41, 5.74) is 1.24. The van der Waals surface area contributed by atoms with Crippen molar-refractivity contribution in [2.24, 2.45) is 0 Å². The predicted molar refractivity (Wildman–Crippen MR) is 102 cm³/mol. The number of morpholine rings is 1. The highest BCUT2D eigenvalue weighted by atomic mass is 16.5. The van der Waals surface area contributed by atoms with E-state index in [0.717, 1.165) is 31.2 Å². The third-order valence-corrected chi connectivity index (χ3v) is 6.16.